The molecule has 1 heterocycles. The zero-order valence-corrected chi connectivity index (χ0v) is 12.5. The molecule has 0 aromatic heterocycles. The number of hydrogen-bond donors (Lipinski definition) is 1. The van der Waals surface area contributed by atoms with Crippen molar-refractivity contribution < 1.29 is 0 Å². The first kappa shape index (κ1) is 14.3. The van der Waals surface area contributed by atoms with Crippen LogP contribution >= 0.6 is 0 Å². The lowest BCUT2D eigenvalue weighted by Crippen LogP contribution is -2.64. The highest BCUT2D eigenvalue weighted by Crippen LogP contribution is 2.42. The lowest BCUT2D eigenvalue weighted by molar-refractivity contribution is -0.0360. The van der Waals surface area contributed by atoms with Crippen molar-refractivity contribution >= 4 is 0 Å². The van der Waals surface area contributed by atoms with Crippen LogP contribution in [0, 0.1) is 11.8 Å². The van der Waals surface area contributed by atoms with E-state index in [1.54, 1.807) is 0 Å². The van der Waals surface area contributed by atoms with Gasteiger partial charge in [-0.15, -0.1) is 0 Å². The molecule has 0 amide bonds. The maximum Gasteiger partial charge on any atom is 0.0363 e. The molecule has 0 radical (unpaired) electrons. The molecule has 2 unspecified atom stereocenters. The van der Waals surface area contributed by atoms with Gasteiger partial charge in [0, 0.05) is 38.3 Å². The van der Waals surface area contributed by atoms with Gasteiger partial charge in [-0.25, -0.2) is 0 Å². The van der Waals surface area contributed by atoms with Crippen molar-refractivity contribution in [2.45, 2.75) is 45.1 Å². The summed E-state index contributed by atoms with van der Waals surface area (Å²) in [6, 6.07) is 0. The molecule has 0 spiro atoms. The fraction of sp³-hybridized carbons (Fsp3) is 1.00. The molecule has 18 heavy (non-hydrogen) atoms. The molecule has 106 valence electrons. The third kappa shape index (κ3) is 2.59. The SMILES string of the molecule is CC(C)C1CCCCC1(CN)N1CCN(C)CC1. The second kappa shape index (κ2) is 5.89. The molecule has 1 aliphatic heterocycles. The summed E-state index contributed by atoms with van der Waals surface area (Å²) in [7, 11) is 2.23. The fourth-order valence-electron chi connectivity index (χ4n) is 4.23. The monoisotopic (exact) mass is 253 g/mol. The Kier molecular flexibility index (Phi) is 4.68. The minimum atomic E-state index is 0.299. The molecule has 0 aromatic carbocycles. The third-order valence-corrected chi connectivity index (χ3v) is 5.36. The Balaban J connectivity index is 2.16. The zero-order valence-electron chi connectivity index (χ0n) is 12.5. The van der Waals surface area contributed by atoms with Gasteiger partial charge in [-0.2, -0.15) is 0 Å². The molecule has 3 nitrogen and oxygen atoms in total. The summed E-state index contributed by atoms with van der Waals surface area (Å²) >= 11 is 0. The van der Waals surface area contributed by atoms with Crippen molar-refractivity contribution in [3.8, 4) is 0 Å². The van der Waals surface area contributed by atoms with Gasteiger partial charge in [0.25, 0.3) is 0 Å². The molecule has 1 aliphatic carbocycles. The summed E-state index contributed by atoms with van der Waals surface area (Å²) in [5, 5.41) is 0. The normalized spacial score (nSPS) is 36.2. The quantitative estimate of drug-likeness (QED) is 0.832. The molecule has 2 aliphatic rings. The van der Waals surface area contributed by atoms with Gasteiger partial charge in [0.05, 0.1) is 0 Å². The third-order valence-electron chi connectivity index (χ3n) is 5.36. The summed E-state index contributed by atoms with van der Waals surface area (Å²) < 4.78 is 0. The molecule has 0 bridgehead atoms. The first-order valence-electron chi connectivity index (χ1n) is 7.74. The number of hydrogen-bond acceptors (Lipinski definition) is 3. The Bertz CT molecular complexity index is 258. The van der Waals surface area contributed by atoms with E-state index in [-0.39, 0.29) is 0 Å². The molecule has 2 fully saturated rings. The van der Waals surface area contributed by atoms with E-state index in [9.17, 15) is 0 Å². The minimum Gasteiger partial charge on any atom is -0.329 e. The fourth-order valence-corrected chi connectivity index (χ4v) is 4.23. The van der Waals surface area contributed by atoms with E-state index >= 15 is 0 Å². The van der Waals surface area contributed by atoms with Crippen LogP contribution in [0.25, 0.3) is 0 Å². The highest BCUT2D eigenvalue weighted by atomic mass is 15.3. The highest BCUT2D eigenvalue weighted by molar-refractivity contribution is 5.02. The van der Waals surface area contributed by atoms with Crippen LogP contribution in [0.1, 0.15) is 39.5 Å². The molecular formula is C15H31N3. The van der Waals surface area contributed by atoms with Crippen molar-refractivity contribution in [1.29, 1.82) is 0 Å². The maximum atomic E-state index is 6.28. The molecule has 2 N–H and O–H groups in total. The van der Waals surface area contributed by atoms with Crippen molar-refractivity contribution in [3.05, 3.63) is 0 Å². The summed E-state index contributed by atoms with van der Waals surface area (Å²) in [5.74, 6) is 1.55. The largest absolute Gasteiger partial charge is 0.329 e. The van der Waals surface area contributed by atoms with Gasteiger partial charge >= 0.3 is 0 Å². The Morgan fingerprint density at radius 1 is 1.17 bits per heavy atom. The predicted molar refractivity (Wildman–Crippen MR) is 77.7 cm³/mol. The summed E-state index contributed by atoms with van der Waals surface area (Å²) in [4.78, 5) is 5.17. The lowest BCUT2D eigenvalue weighted by Gasteiger charge is -2.54. The van der Waals surface area contributed by atoms with E-state index in [1.807, 2.05) is 0 Å². The number of rotatable bonds is 3. The Labute approximate surface area is 113 Å². The lowest BCUT2D eigenvalue weighted by atomic mass is 9.66. The number of piperazine rings is 1. The van der Waals surface area contributed by atoms with Gasteiger partial charge in [-0.05, 0) is 31.7 Å². The first-order chi connectivity index (χ1) is 8.60. The van der Waals surface area contributed by atoms with Crippen LogP contribution in [0.3, 0.4) is 0 Å². The van der Waals surface area contributed by atoms with Gasteiger partial charge in [0.15, 0.2) is 0 Å². The summed E-state index contributed by atoms with van der Waals surface area (Å²) in [5.41, 5.74) is 6.58. The molecule has 2 atom stereocenters. The number of nitrogens with two attached hydrogens (primary N) is 1. The van der Waals surface area contributed by atoms with Crippen LogP contribution in [-0.2, 0) is 0 Å². The maximum absolute atomic E-state index is 6.28. The number of likely N-dealkylation sites (N-methyl/N-ethyl adjacent to an activating group) is 1. The molecule has 2 rings (SSSR count). The van der Waals surface area contributed by atoms with Crippen LogP contribution in [0.2, 0.25) is 0 Å². The van der Waals surface area contributed by atoms with Crippen LogP contribution in [0.4, 0.5) is 0 Å². The second-order valence-electron chi connectivity index (χ2n) is 6.69. The van der Waals surface area contributed by atoms with E-state index in [0.29, 0.717) is 5.54 Å². The van der Waals surface area contributed by atoms with Gasteiger partial charge in [0.2, 0.25) is 0 Å². The van der Waals surface area contributed by atoms with Crippen molar-refractivity contribution in [2.24, 2.45) is 17.6 Å². The molecule has 3 heteroatoms. The van der Waals surface area contributed by atoms with Crippen molar-refractivity contribution in [1.82, 2.24) is 9.80 Å². The summed E-state index contributed by atoms with van der Waals surface area (Å²) in [6.07, 6.45) is 5.46. The van der Waals surface area contributed by atoms with E-state index < -0.39 is 0 Å². The Hall–Kier alpha value is -0.120. The van der Waals surface area contributed by atoms with Gasteiger partial charge in [0.1, 0.15) is 0 Å². The first-order valence-corrected chi connectivity index (χ1v) is 7.74. The average Bonchev–Trinajstić information content (AvgIpc) is 2.39. The van der Waals surface area contributed by atoms with Crippen LogP contribution in [-0.4, -0.2) is 55.1 Å². The number of nitrogens with zero attached hydrogens (tertiary/aromatic N) is 2. The Morgan fingerprint density at radius 3 is 2.39 bits per heavy atom. The molecule has 0 aromatic rings. The van der Waals surface area contributed by atoms with Gasteiger partial charge < -0.3 is 10.6 Å². The standard InChI is InChI=1S/C15H31N3/c1-13(2)14-6-4-5-7-15(14,12-16)18-10-8-17(3)9-11-18/h13-14H,4-12,16H2,1-3H3. The van der Waals surface area contributed by atoms with E-state index in [4.69, 9.17) is 5.73 Å². The zero-order chi connectivity index (χ0) is 13.2. The Morgan fingerprint density at radius 2 is 1.83 bits per heavy atom. The van der Waals surface area contributed by atoms with Crippen molar-refractivity contribution in [3.63, 3.8) is 0 Å². The van der Waals surface area contributed by atoms with Gasteiger partial charge in [-0.1, -0.05) is 26.7 Å². The highest BCUT2D eigenvalue weighted by Gasteiger charge is 2.45. The van der Waals surface area contributed by atoms with E-state index in [1.165, 1.54) is 51.9 Å². The molecular weight excluding hydrogens is 222 g/mol. The second-order valence-corrected chi connectivity index (χ2v) is 6.69. The summed E-state index contributed by atoms with van der Waals surface area (Å²) in [6.45, 7) is 10.4. The predicted octanol–water partition coefficient (Wildman–Crippen LogP) is 1.78. The topological polar surface area (TPSA) is 32.5 Å². The molecule has 1 saturated carbocycles. The molecule has 1 saturated heterocycles. The van der Waals surface area contributed by atoms with Gasteiger partial charge in [-0.3, -0.25) is 4.90 Å². The minimum absolute atomic E-state index is 0.299. The van der Waals surface area contributed by atoms with E-state index in [2.05, 4.69) is 30.7 Å². The van der Waals surface area contributed by atoms with Crippen LogP contribution in [0.5, 0.6) is 0 Å². The van der Waals surface area contributed by atoms with Crippen LogP contribution < -0.4 is 5.73 Å². The van der Waals surface area contributed by atoms with E-state index in [0.717, 1.165) is 18.4 Å². The average molecular weight is 253 g/mol. The smallest absolute Gasteiger partial charge is 0.0363 e. The van der Waals surface area contributed by atoms with Crippen LogP contribution in [0.15, 0.2) is 0 Å². The van der Waals surface area contributed by atoms with Crippen molar-refractivity contribution in [2.75, 3.05) is 39.8 Å².